The first kappa shape index (κ1) is 22.3. The fourth-order valence-electron chi connectivity index (χ4n) is 2.83. The van der Waals surface area contributed by atoms with Crippen LogP contribution < -0.4 is 9.04 Å². The van der Waals surface area contributed by atoms with E-state index >= 15 is 0 Å². The number of H-pyrrole nitrogens is 1. The zero-order valence-electron chi connectivity index (χ0n) is 17.8. The molecule has 0 aliphatic carbocycles. The number of aromatic amines is 1. The standard InChI is InChI=1S/C21H33N3O3S/c1-7-16(3)15-27-19-11-9-10-18(12-19)24(28(25,26)8-2)14-17-13-22-23-20(17)21(4,5)6/h9-13,16H,7-8,14-15H2,1-6H3,(H,22,23). The number of rotatable bonds is 9. The number of aromatic nitrogens is 2. The van der Waals surface area contributed by atoms with Gasteiger partial charge in [0.2, 0.25) is 10.0 Å². The lowest BCUT2D eigenvalue weighted by Gasteiger charge is -2.26. The van der Waals surface area contributed by atoms with Gasteiger partial charge in [0.25, 0.3) is 0 Å². The number of nitrogens with zero attached hydrogens (tertiary/aromatic N) is 2. The fraction of sp³-hybridized carbons (Fsp3) is 0.571. The Morgan fingerprint density at radius 1 is 1.25 bits per heavy atom. The van der Waals surface area contributed by atoms with Gasteiger partial charge in [-0.2, -0.15) is 5.10 Å². The van der Waals surface area contributed by atoms with Gasteiger partial charge in [0, 0.05) is 22.7 Å². The van der Waals surface area contributed by atoms with Crippen LogP contribution in [-0.4, -0.2) is 31.0 Å². The van der Waals surface area contributed by atoms with Crippen molar-refractivity contribution >= 4 is 15.7 Å². The number of ether oxygens (including phenoxy) is 1. The van der Waals surface area contributed by atoms with Crippen molar-refractivity contribution in [1.29, 1.82) is 0 Å². The molecule has 0 saturated heterocycles. The SMILES string of the molecule is CCC(C)COc1cccc(N(Cc2cn[nH]c2C(C)(C)C)S(=O)(=O)CC)c1. The average Bonchev–Trinajstić information content (AvgIpc) is 3.13. The zero-order chi connectivity index (χ0) is 20.9. The summed E-state index contributed by atoms with van der Waals surface area (Å²) in [6.07, 6.45) is 2.74. The van der Waals surface area contributed by atoms with E-state index in [0.29, 0.717) is 24.0 Å². The van der Waals surface area contributed by atoms with Crippen molar-refractivity contribution in [2.24, 2.45) is 5.92 Å². The molecule has 1 aromatic carbocycles. The van der Waals surface area contributed by atoms with Crippen LogP contribution in [0.25, 0.3) is 0 Å². The number of nitrogens with one attached hydrogen (secondary N) is 1. The first-order valence-electron chi connectivity index (χ1n) is 9.84. The molecule has 0 radical (unpaired) electrons. The number of anilines is 1. The molecule has 0 spiro atoms. The van der Waals surface area contributed by atoms with Crippen molar-refractivity contribution in [3.8, 4) is 5.75 Å². The maximum atomic E-state index is 12.9. The Bertz CT molecular complexity index is 869. The van der Waals surface area contributed by atoms with Crippen LogP contribution in [0, 0.1) is 5.92 Å². The van der Waals surface area contributed by atoms with E-state index in [9.17, 15) is 8.42 Å². The monoisotopic (exact) mass is 407 g/mol. The van der Waals surface area contributed by atoms with Crippen molar-refractivity contribution < 1.29 is 13.2 Å². The Balaban J connectivity index is 2.37. The number of hydrogen-bond donors (Lipinski definition) is 1. The summed E-state index contributed by atoms with van der Waals surface area (Å²) in [5.74, 6) is 1.14. The second-order valence-electron chi connectivity index (χ2n) is 8.25. The third-order valence-electron chi connectivity index (χ3n) is 4.82. The van der Waals surface area contributed by atoms with Gasteiger partial charge < -0.3 is 4.74 Å². The predicted octanol–water partition coefficient (Wildman–Crippen LogP) is 4.49. The lowest BCUT2D eigenvalue weighted by atomic mass is 9.89. The molecule has 1 heterocycles. The Hall–Kier alpha value is -2.02. The van der Waals surface area contributed by atoms with E-state index in [4.69, 9.17) is 4.74 Å². The Kier molecular flexibility index (Phi) is 7.15. The van der Waals surface area contributed by atoms with E-state index in [2.05, 4.69) is 44.8 Å². The summed E-state index contributed by atoms with van der Waals surface area (Å²) in [5.41, 5.74) is 2.25. The summed E-state index contributed by atoms with van der Waals surface area (Å²) < 4.78 is 33.0. The molecule has 0 aliphatic heterocycles. The Morgan fingerprint density at radius 2 is 1.96 bits per heavy atom. The number of hydrogen-bond acceptors (Lipinski definition) is 4. The minimum Gasteiger partial charge on any atom is -0.493 e. The topological polar surface area (TPSA) is 75.3 Å². The van der Waals surface area contributed by atoms with Crippen molar-refractivity contribution in [2.45, 2.75) is 59.9 Å². The second-order valence-corrected chi connectivity index (χ2v) is 10.4. The van der Waals surface area contributed by atoms with Gasteiger partial charge in [-0.05, 0) is 25.0 Å². The Morgan fingerprint density at radius 3 is 2.57 bits per heavy atom. The lowest BCUT2D eigenvalue weighted by molar-refractivity contribution is 0.256. The maximum Gasteiger partial charge on any atom is 0.235 e. The molecule has 0 aliphatic rings. The molecule has 28 heavy (non-hydrogen) atoms. The third kappa shape index (κ3) is 5.50. The molecule has 0 bridgehead atoms. The van der Waals surface area contributed by atoms with E-state index in [-0.39, 0.29) is 17.7 Å². The number of benzene rings is 1. The third-order valence-corrected chi connectivity index (χ3v) is 6.56. The minimum atomic E-state index is -3.47. The van der Waals surface area contributed by atoms with Crippen LogP contribution in [0.3, 0.4) is 0 Å². The highest BCUT2D eigenvalue weighted by atomic mass is 32.2. The quantitative estimate of drug-likeness (QED) is 0.664. The van der Waals surface area contributed by atoms with Gasteiger partial charge in [-0.3, -0.25) is 9.40 Å². The molecule has 1 unspecified atom stereocenters. The molecule has 0 saturated carbocycles. The van der Waals surface area contributed by atoms with Gasteiger partial charge in [-0.15, -0.1) is 0 Å². The molecular formula is C21H33N3O3S. The van der Waals surface area contributed by atoms with Crippen molar-refractivity contribution in [1.82, 2.24) is 10.2 Å². The molecule has 1 N–H and O–H groups in total. The van der Waals surface area contributed by atoms with E-state index < -0.39 is 10.0 Å². The van der Waals surface area contributed by atoms with Crippen molar-refractivity contribution in [3.05, 3.63) is 41.7 Å². The highest BCUT2D eigenvalue weighted by Gasteiger charge is 2.26. The van der Waals surface area contributed by atoms with E-state index in [0.717, 1.165) is 17.7 Å². The van der Waals surface area contributed by atoms with Crippen LogP contribution in [-0.2, 0) is 22.0 Å². The Labute approximate surface area is 169 Å². The molecule has 2 aromatic rings. The maximum absolute atomic E-state index is 12.9. The summed E-state index contributed by atoms with van der Waals surface area (Å²) in [5, 5.41) is 7.17. The van der Waals surface area contributed by atoms with E-state index in [1.807, 2.05) is 12.1 Å². The fourth-order valence-corrected chi connectivity index (χ4v) is 3.91. The second kappa shape index (κ2) is 8.99. The van der Waals surface area contributed by atoms with Gasteiger partial charge in [-0.25, -0.2) is 8.42 Å². The zero-order valence-corrected chi connectivity index (χ0v) is 18.6. The first-order valence-corrected chi connectivity index (χ1v) is 11.4. The smallest absolute Gasteiger partial charge is 0.235 e. The predicted molar refractivity (Wildman–Crippen MR) is 114 cm³/mol. The van der Waals surface area contributed by atoms with Gasteiger partial charge in [0.15, 0.2) is 0 Å². The normalized spacial score (nSPS) is 13.4. The van der Waals surface area contributed by atoms with Gasteiger partial charge in [0.1, 0.15) is 5.75 Å². The summed E-state index contributed by atoms with van der Waals surface area (Å²) in [4.78, 5) is 0. The summed E-state index contributed by atoms with van der Waals surface area (Å²) in [6, 6.07) is 7.30. The van der Waals surface area contributed by atoms with Crippen LogP contribution in [0.4, 0.5) is 5.69 Å². The van der Waals surface area contributed by atoms with Crippen LogP contribution in [0.2, 0.25) is 0 Å². The van der Waals surface area contributed by atoms with Crippen LogP contribution in [0.1, 0.15) is 59.2 Å². The molecule has 1 atom stereocenters. The van der Waals surface area contributed by atoms with Crippen molar-refractivity contribution in [2.75, 3.05) is 16.7 Å². The minimum absolute atomic E-state index is 0.0215. The lowest BCUT2D eigenvalue weighted by Crippen LogP contribution is -2.32. The summed E-state index contributed by atoms with van der Waals surface area (Å²) >= 11 is 0. The molecule has 6 nitrogen and oxygen atoms in total. The van der Waals surface area contributed by atoms with Gasteiger partial charge >= 0.3 is 0 Å². The van der Waals surface area contributed by atoms with Crippen LogP contribution >= 0.6 is 0 Å². The first-order chi connectivity index (χ1) is 13.1. The highest BCUT2D eigenvalue weighted by molar-refractivity contribution is 7.92. The largest absolute Gasteiger partial charge is 0.493 e. The molecule has 1 aromatic heterocycles. The highest BCUT2D eigenvalue weighted by Crippen LogP contribution is 2.29. The molecule has 156 valence electrons. The van der Waals surface area contributed by atoms with E-state index in [1.54, 1.807) is 25.3 Å². The van der Waals surface area contributed by atoms with E-state index in [1.165, 1.54) is 4.31 Å². The van der Waals surface area contributed by atoms with Crippen LogP contribution in [0.15, 0.2) is 30.5 Å². The molecular weight excluding hydrogens is 374 g/mol. The molecule has 2 rings (SSSR count). The van der Waals surface area contributed by atoms with Gasteiger partial charge in [-0.1, -0.05) is 47.1 Å². The summed E-state index contributed by atoms with van der Waals surface area (Å²) in [6.45, 7) is 13.0. The average molecular weight is 408 g/mol. The number of sulfonamides is 1. The molecule has 0 fully saturated rings. The molecule has 0 amide bonds. The van der Waals surface area contributed by atoms with Gasteiger partial charge in [0.05, 0.1) is 30.8 Å². The molecule has 7 heteroatoms. The van der Waals surface area contributed by atoms with Crippen molar-refractivity contribution in [3.63, 3.8) is 0 Å². The summed E-state index contributed by atoms with van der Waals surface area (Å²) in [7, 11) is -3.47. The van der Waals surface area contributed by atoms with Crippen LogP contribution in [0.5, 0.6) is 5.75 Å².